The number of carbonyl (C=O) groups excluding carboxylic acids is 1. The van der Waals surface area contributed by atoms with Gasteiger partial charge in [-0.3, -0.25) is 4.79 Å². The molecule has 0 radical (unpaired) electrons. The van der Waals surface area contributed by atoms with Crippen LogP contribution in [0.4, 0.5) is 0 Å². The summed E-state index contributed by atoms with van der Waals surface area (Å²) in [6.45, 7) is 3.87. The van der Waals surface area contributed by atoms with Crippen molar-refractivity contribution in [3.05, 3.63) is 35.6 Å². The van der Waals surface area contributed by atoms with Crippen LogP contribution in [0, 0.1) is 0 Å². The van der Waals surface area contributed by atoms with Crippen molar-refractivity contribution in [3.63, 3.8) is 0 Å². The molecule has 13 heavy (non-hydrogen) atoms. The highest BCUT2D eigenvalue weighted by Crippen LogP contribution is 2.01. The fourth-order valence-corrected chi connectivity index (χ4v) is 0.793. The fraction of sp³-hybridized carbons (Fsp3) is 0.125. The van der Waals surface area contributed by atoms with E-state index in [1.165, 1.54) is 12.1 Å². The van der Waals surface area contributed by atoms with Crippen molar-refractivity contribution in [2.75, 3.05) is 6.54 Å². The monoisotopic (exact) mass is 197 g/mol. The fourth-order valence-electron chi connectivity index (χ4n) is 0.693. The van der Waals surface area contributed by atoms with Gasteiger partial charge in [0.1, 0.15) is 0 Å². The molecule has 4 nitrogen and oxygen atoms in total. The largest absolute Gasteiger partial charge is 0.347 e. The standard InChI is InChI=1S/C8H8ClN3O/c1-2-5-10-8(13)6-3-4-7(9)12-11-6/h2-4H,1,5H2,(H,10,13). The maximum atomic E-state index is 11.2. The Morgan fingerprint density at radius 1 is 1.62 bits per heavy atom. The number of aromatic nitrogens is 2. The van der Waals surface area contributed by atoms with E-state index in [0.717, 1.165) is 0 Å². The number of hydrogen-bond acceptors (Lipinski definition) is 3. The second-order valence-corrected chi connectivity index (χ2v) is 2.63. The molecule has 1 amide bonds. The predicted molar refractivity (Wildman–Crippen MR) is 49.6 cm³/mol. The van der Waals surface area contributed by atoms with Gasteiger partial charge in [-0.05, 0) is 12.1 Å². The Bertz CT molecular complexity index is 310. The molecule has 1 aromatic heterocycles. The molecule has 0 aliphatic heterocycles. The van der Waals surface area contributed by atoms with Crippen molar-refractivity contribution in [1.82, 2.24) is 15.5 Å². The zero-order chi connectivity index (χ0) is 9.68. The Hall–Kier alpha value is -1.42. The Labute approximate surface area is 80.6 Å². The van der Waals surface area contributed by atoms with Crippen LogP contribution in [0.3, 0.4) is 0 Å². The van der Waals surface area contributed by atoms with Crippen LogP contribution >= 0.6 is 11.6 Å². The van der Waals surface area contributed by atoms with E-state index in [1.807, 2.05) is 0 Å². The van der Waals surface area contributed by atoms with Gasteiger partial charge in [-0.2, -0.15) is 0 Å². The van der Waals surface area contributed by atoms with Crippen LogP contribution in [0.5, 0.6) is 0 Å². The minimum atomic E-state index is -0.288. The minimum absolute atomic E-state index is 0.242. The molecular weight excluding hydrogens is 190 g/mol. The average Bonchev–Trinajstić information content (AvgIpc) is 2.15. The molecule has 0 aromatic carbocycles. The maximum absolute atomic E-state index is 11.2. The number of hydrogen-bond donors (Lipinski definition) is 1. The van der Waals surface area contributed by atoms with Gasteiger partial charge in [-0.25, -0.2) is 0 Å². The van der Waals surface area contributed by atoms with Gasteiger partial charge < -0.3 is 5.32 Å². The molecule has 1 N–H and O–H groups in total. The summed E-state index contributed by atoms with van der Waals surface area (Å²) in [5.41, 5.74) is 0.242. The first-order chi connectivity index (χ1) is 6.24. The molecule has 1 rings (SSSR count). The Kier molecular flexibility index (Phi) is 3.40. The van der Waals surface area contributed by atoms with E-state index in [4.69, 9.17) is 11.6 Å². The summed E-state index contributed by atoms with van der Waals surface area (Å²) in [5, 5.41) is 9.97. The van der Waals surface area contributed by atoms with Crippen LogP contribution < -0.4 is 5.32 Å². The van der Waals surface area contributed by atoms with Crippen molar-refractivity contribution in [3.8, 4) is 0 Å². The van der Waals surface area contributed by atoms with E-state index < -0.39 is 0 Å². The third-order valence-corrected chi connectivity index (χ3v) is 1.47. The average molecular weight is 198 g/mol. The molecule has 0 unspecified atom stereocenters. The predicted octanol–water partition coefficient (Wildman–Crippen LogP) is 1.05. The highest BCUT2D eigenvalue weighted by molar-refractivity contribution is 6.29. The molecule has 0 saturated carbocycles. The lowest BCUT2D eigenvalue weighted by Gasteiger charge is -1.99. The van der Waals surface area contributed by atoms with Crippen molar-refractivity contribution in [2.45, 2.75) is 0 Å². The van der Waals surface area contributed by atoms with Crippen LogP contribution in [0.2, 0.25) is 5.15 Å². The molecule has 0 spiro atoms. The summed E-state index contributed by atoms with van der Waals surface area (Å²) in [6, 6.07) is 3.02. The number of nitrogens with zero attached hydrogens (tertiary/aromatic N) is 2. The Morgan fingerprint density at radius 3 is 2.92 bits per heavy atom. The van der Waals surface area contributed by atoms with Gasteiger partial charge in [-0.1, -0.05) is 17.7 Å². The molecule has 0 atom stereocenters. The van der Waals surface area contributed by atoms with Crippen LogP contribution in [-0.2, 0) is 0 Å². The lowest BCUT2D eigenvalue weighted by Crippen LogP contribution is -2.24. The smallest absolute Gasteiger partial charge is 0.272 e. The Morgan fingerprint density at radius 2 is 2.38 bits per heavy atom. The third kappa shape index (κ3) is 2.83. The van der Waals surface area contributed by atoms with E-state index >= 15 is 0 Å². The highest BCUT2D eigenvalue weighted by Gasteiger charge is 2.05. The summed E-state index contributed by atoms with van der Waals surface area (Å²) in [6.07, 6.45) is 1.58. The van der Waals surface area contributed by atoms with E-state index in [0.29, 0.717) is 6.54 Å². The highest BCUT2D eigenvalue weighted by atomic mass is 35.5. The number of nitrogens with one attached hydrogen (secondary N) is 1. The second-order valence-electron chi connectivity index (χ2n) is 2.24. The Balaban J connectivity index is 2.66. The molecule has 0 saturated heterocycles. The maximum Gasteiger partial charge on any atom is 0.272 e. The lowest BCUT2D eigenvalue weighted by atomic mass is 10.3. The molecule has 0 fully saturated rings. The van der Waals surface area contributed by atoms with E-state index in [9.17, 15) is 4.79 Å². The first-order valence-electron chi connectivity index (χ1n) is 3.62. The van der Waals surface area contributed by atoms with Crippen LogP contribution in [0.25, 0.3) is 0 Å². The molecule has 0 bridgehead atoms. The van der Waals surface area contributed by atoms with Gasteiger partial charge in [0.25, 0.3) is 5.91 Å². The summed E-state index contributed by atoms with van der Waals surface area (Å²) in [4.78, 5) is 11.2. The van der Waals surface area contributed by atoms with Gasteiger partial charge >= 0.3 is 0 Å². The normalized spacial score (nSPS) is 9.31. The summed E-state index contributed by atoms with van der Waals surface area (Å²) < 4.78 is 0. The summed E-state index contributed by atoms with van der Waals surface area (Å²) in [5.74, 6) is -0.288. The van der Waals surface area contributed by atoms with E-state index in [-0.39, 0.29) is 16.8 Å². The van der Waals surface area contributed by atoms with Gasteiger partial charge in [0.15, 0.2) is 10.8 Å². The number of carbonyl (C=O) groups is 1. The summed E-state index contributed by atoms with van der Waals surface area (Å²) >= 11 is 5.50. The van der Waals surface area contributed by atoms with E-state index in [2.05, 4.69) is 22.1 Å². The van der Waals surface area contributed by atoms with Crippen molar-refractivity contribution >= 4 is 17.5 Å². The van der Waals surface area contributed by atoms with Crippen molar-refractivity contribution < 1.29 is 4.79 Å². The molecule has 68 valence electrons. The van der Waals surface area contributed by atoms with Crippen LogP contribution in [0.1, 0.15) is 10.5 Å². The van der Waals surface area contributed by atoms with Gasteiger partial charge in [0, 0.05) is 6.54 Å². The zero-order valence-corrected chi connectivity index (χ0v) is 7.58. The van der Waals surface area contributed by atoms with Crippen LogP contribution in [0.15, 0.2) is 24.8 Å². The molecule has 5 heteroatoms. The minimum Gasteiger partial charge on any atom is -0.347 e. The zero-order valence-electron chi connectivity index (χ0n) is 6.83. The number of halogens is 1. The van der Waals surface area contributed by atoms with Gasteiger partial charge in [0.2, 0.25) is 0 Å². The lowest BCUT2D eigenvalue weighted by molar-refractivity contribution is 0.0952. The van der Waals surface area contributed by atoms with Gasteiger partial charge in [0.05, 0.1) is 0 Å². The molecule has 1 aromatic rings. The quantitative estimate of drug-likeness (QED) is 0.737. The first-order valence-corrected chi connectivity index (χ1v) is 4.00. The van der Waals surface area contributed by atoms with E-state index in [1.54, 1.807) is 6.08 Å². The summed E-state index contributed by atoms with van der Waals surface area (Å²) in [7, 11) is 0. The van der Waals surface area contributed by atoms with Gasteiger partial charge in [-0.15, -0.1) is 16.8 Å². The van der Waals surface area contributed by atoms with Crippen LogP contribution in [-0.4, -0.2) is 22.6 Å². The second kappa shape index (κ2) is 4.57. The molecular formula is C8H8ClN3O. The SMILES string of the molecule is C=CCNC(=O)c1ccc(Cl)nn1. The topological polar surface area (TPSA) is 54.9 Å². The molecule has 0 aliphatic carbocycles. The number of rotatable bonds is 3. The number of amides is 1. The molecule has 1 heterocycles. The first kappa shape index (κ1) is 9.67. The third-order valence-electron chi connectivity index (χ3n) is 1.27. The molecule has 0 aliphatic rings. The van der Waals surface area contributed by atoms with Crippen molar-refractivity contribution in [2.24, 2.45) is 0 Å². The van der Waals surface area contributed by atoms with Crippen molar-refractivity contribution in [1.29, 1.82) is 0 Å².